The summed E-state index contributed by atoms with van der Waals surface area (Å²) >= 11 is 2.06. The molecule has 4 aromatic rings. The van der Waals surface area contributed by atoms with Gasteiger partial charge in [0, 0.05) is 5.69 Å². The van der Waals surface area contributed by atoms with Crippen LogP contribution in [-0.4, -0.2) is 38.9 Å². The van der Waals surface area contributed by atoms with Crippen LogP contribution in [0.25, 0.3) is 10.8 Å². The minimum Gasteiger partial charge on any atom is -0.496 e. The lowest BCUT2D eigenvalue weighted by Crippen LogP contribution is -2.20. The van der Waals surface area contributed by atoms with E-state index in [1.807, 2.05) is 24.3 Å². The van der Waals surface area contributed by atoms with Gasteiger partial charge >= 0.3 is 0 Å². The second-order valence-corrected chi connectivity index (χ2v) is 9.14. The number of benzene rings is 4. The largest absolute Gasteiger partial charge is 0.496 e. The number of anilines is 1. The van der Waals surface area contributed by atoms with E-state index in [4.69, 9.17) is 14.2 Å². The van der Waals surface area contributed by atoms with Crippen LogP contribution in [0.5, 0.6) is 17.2 Å². The summed E-state index contributed by atoms with van der Waals surface area (Å²) in [5.41, 5.74) is 3.98. The quantitative estimate of drug-likeness (QED) is 0.148. The van der Waals surface area contributed by atoms with E-state index < -0.39 is 17.6 Å². The fourth-order valence-electron chi connectivity index (χ4n) is 3.61. The van der Waals surface area contributed by atoms with Gasteiger partial charge in [0.15, 0.2) is 18.1 Å². The van der Waals surface area contributed by atoms with Crippen molar-refractivity contribution in [1.29, 1.82) is 0 Å². The number of hydrogen-bond acceptors (Lipinski definition) is 6. The summed E-state index contributed by atoms with van der Waals surface area (Å²) in [5.74, 6) is -0.0165. The van der Waals surface area contributed by atoms with Gasteiger partial charge in [-0.25, -0.2) is 9.82 Å². The molecule has 4 rings (SSSR count). The maximum atomic E-state index is 13.0. The summed E-state index contributed by atoms with van der Waals surface area (Å²) in [6.07, 6.45) is 1.47. The summed E-state index contributed by atoms with van der Waals surface area (Å²) in [4.78, 5) is 25.0. The van der Waals surface area contributed by atoms with Gasteiger partial charge in [-0.3, -0.25) is 9.59 Å². The molecule has 0 radical (unpaired) electrons. The molecule has 194 valence electrons. The number of nitrogens with one attached hydrogen (secondary N) is 2. The molecule has 0 saturated carbocycles. The second kappa shape index (κ2) is 12.4. The van der Waals surface area contributed by atoms with Gasteiger partial charge in [0.25, 0.3) is 11.8 Å². The number of hydrogen-bond donors (Lipinski definition) is 2. The van der Waals surface area contributed by atoms with Gasteiger partial charge < -0.3 is 19.5 Å². The van der Waals surface area contributed by atoms with Crippen LogP contribution in [0.3, 0.4) is 0 Å². The molecule has 8 nitrogen and oxygen atoms in total. The Morgan fingerprint density at radius 3 is 2.32 bits per heavy atom. The maximum Gasteiger partial charge on any atom is 0.275 e. The monoisotopic (exact) mass is 627 g/mol. The Bertz CT molecular complexity index is 1510. The molecule has 10 heteroatoms. The van der Waals surface area contributed by atoms with Crippen LogP contribution in [0.15, 0.2) is 77.9 Å². The molecule has 0 atom stereocenters. The van der Waals surface area contributed by atoms with Crippen molar-refractivity contribution in [2.75, 3.05) is 26.1 Å². The molecule has 0 aliphatic carbocycles. The fraction of sp³-hybridized carbons (Fsp3) is 0.107. The van der Waals surface area contributed by atoms with Gasteiger partial charge in [0.05, 0.1) is 29.6 Å². The van der Waals surface area contributed by atoms with Crippen molar-refractivity contribution in [2.24, 2.45) is 5.10 Å². The zero-order valence-corrected chi connectivity index (χ0v) is 22.6. The average molecular weight is 627 g/mol. The first kappa shape index (κ1) is 26.9. The standard InChI is InChI=1S/C28H23FIN3O5/c1-36-24-14-19-6-4-3-5-18(19)13-22(24)28(35)33-31-15-17-11-23(30)27(25(12-17)37-2)38-16-26(34)32-21-9-7-20(29)8-10-21/h3-15H,16H2,1-2H3,(H,32,34)(H,33,35)/b31-15-. The minimum absolute atomic E-state index is 0.277. The molecule has 4 aromatic carbocycles. The number of halogens is 2. The van der Waals surface area contributed by atoms with E-state index in [1.165, 1.54) is 44.7 Å². The van der Waals surface area contributed by atoms with Crippen LogP contribution >= 0.6 is 22.6 Å². The summed E-state index contributed by atoms with van der Waals surface area (Å²) < 4.78 is 30.2. The molecule has 0 aliphatic rings. The molecule has 0 fully saturated rings. The van der Waals surface area contributed by atoms with Gasteiger partial charge in [-0.15, -0.1) is 0 Å². The number of hydrazone groups is 1. The summed E-state index contributed by atoms with van der Waals surface area (Å²) in [6, 6.07) is 20.1. The predicted molar refractivity (Wildman–Crippen MR) is 152 cm³/mol. The highest BCUT2D eigenvalue weighted by Crippen LogP contribution is 2.33. The topological polar surface area (TPSA) is 98.3 Å². The molecule has 0 saturated heterocycles. The highest BCUT2D eigenvalue weighted by molar-refractivity contribution is 14.1. The van der Waals surface area contributed by atoms with Gasteiger partial charge in [0.2, 0.25) is 0 Å². The van der Waals surface area contributed by atoms with Crippen LogP contribution in [0.4, 0.5) is 10.1 Å². The summed E-state index contributed by atoms with van der Waals surface area (Å²) in [5, 5.41) is 8.58. The predicted octanol–water partition coefficient (Wildman–Crippen LogP) is 5.38. The van der Waals surface area contributed by atoms with Crippen LogP contribution < -0.4 is 25.0 Å². The normalized spacial score (nSPS) is 10.8. The first-order valence-electron chi connectivity index (χ1n) is 11.3. The molecule has 2 N–H and O–H groups in total. The lowest BCUT2D eigenvalue weighted by atomic mass is 10.1. The van der Waals surface area contributed by atoms with Crippen molar-refractivity contribution in [3.8, 4) is 17.2 Å². The number of carbonyl (C=O) groups is 2. The van der Waals surface area contributed by atoms with Crippen LogP contribution in [0.2, 0.25) is 0 Å². The molecule has 38 heavy (non-hydrogen) atoms. The number of methoxy groups -OCH3 is 2. The van der Waals surface area contributed by atoms with Crippen molar-refractivity contribution < 1.29 is 28.2 Å². The lowest BCUT2D eigenvalue weighted by molar-refractivity contribution is -0.118. The van der Waals surface area contributed by atoms with Gasteiger partial charge in [-0.1, -0.05) is 24.3 Å². The minimum atomic E-state index is -0.419. The van der Waals surface area contributed by atoms with Crippen molar-refractivity contribution in [3.63, 3.8) is 0 Å². The Kier molecular flexibility index (Phi) is 8.74. The molecular formula is C28H23FIN3O5. The molecule has 0 unspecified atom stereocenters. The Hall–Kier alpha value is -4.19. The van der Waals surface area contributed by atoms with E-state index in [-0.39, 0.29) is 6.61 Å². The Labute approximate surface area is 231 Å². The zero-order valence-electron chi connectivity index (χ0n) is 20.5. The van der Waals surface area contributed by atoms with Crippen molar-refractivity contribution in [3.05, 3.63) is 93.3 Å². The maximum absolute atomic E-state index is 13.0. The number of ether oxygens (including phenoxy) is 3. The third-order valence-corrected chi connectivity index (χ3v) is 6.22. The first-order valence-corrected chi connectivity index (χ1v) is 12.4. The van der Waals surface area contributed by atoms with Gasteiger partial charge in [-0.2, -0.15) is 5.10 Å². The smallest absolute Gasteiger partial charge is 0.275 e. The van der Waals surface area contributed by atoms with Crippen LogP contribution in [-0.2, 0) is 4.79 Å². The Morgan fingerprint density at radius 1 is 0.947 bits per heavy atom. The Morgan fingerprint density at radius 2 is 1.63 bits per heavy atom. The molecule has 0 aliphatic heterocycles. The lowest BCUT2D eigenvalue weighted by Gasteiger charge is -2.13. The zero-order chi connectivity index (χ0) is 27.1. The van der Waals surface area contributed by atoms with Crippen LogP contribution in [0.1, 0.15) is 15.9 Å². The molecule has 0 bridgehead atoms. The summed E-state index contributed by atoms with van der Waals surface area (Å²) in [6.45, 7) is -0.277. The van der Waals surface area contributed by atoms with Crippen molar-refractivity contribution in [2.45, 2.75) is 0 Å². The number of fused-ring (bicyclic) bond motifs is 1. The number of nitrogens with zero attached hydrogens (tertiary/aromatic N) is 1. The van der Waals surface area contributed by atoms with Crippen molar-refractivity contribution >= 4 is 57.1 Å². The highest BCUT2D eigenvalue weighted by atomic mass is 127. The highest BCUT2D eigenvalue weighted by Gasteiger charge is 2.15. The van der Waals surface area contributed by atoms with E-state index in [9.17, 15) is 14.0 Å². The van der Waals surface area contributed by atoms with Crippen molar-refractivity contribution in [1.82, 2.24) is 5.43 Å². The second-order valence-electron chi connectivity index (χ2n) is 7.98. The SMILES string of the molecule is COc1cc2ccccc2cc1C(=O)N/N=C\c1cc(I)c(OCC(=O)Nc2ccc(F)cc2)c(OC)c1. The van der Waals surface area contributed by atoms with Gasteiger partial charge in [0.1, 0.15) is 11.6 Å². The van der Waals surface area contributed by atoms with E-state index in [0.717, 1.165) is 10.8 Å². The Balaban J connectivity index is 1.42. The molecule has 2 amide bonds. The number of rotatable bonds is 9. The third-order valence-electron chi connectivity index (χ3n) is 5.42. The fourth-order valence-corrected chi connectivity index (χ4v) is 4.39. The van der Waals surface area contributed by atoms with E-state index >= 15 is 0 Å². The first-order chi connectivity index (χ1) is 18.4. The molecule has 0 aromatic heterocycles. The molecule has 0 heterocycles. The third kappa shape index (κ3) is 6.57. The average Bonchev–Trinajstić information content (AvgIpc) is 2.92. The van der Waals surface area contributed by atoms with E-state index in [2.05, 4.69) is 38.4 Å². The molecule has 0 spiro atoms. The molecular weight excluding hydrogens is 604 g/mol. The van der Waals surface area contributed by atoms with E-state index in [1.54, 1.807) is 24.3 Å². The van der Waals surface area contributed by atoms with Crippen LogP contribution in [0, 0.1) is 9.39 Å². The number of amides is 2. The summed E-state index contributed by atoms with van der Waals surface area (Å²) in [7, 11) is 2.99. The van der Waals surface area contributed by atoms with E-state index in [0.29, 0.717) is 37.6 Å². The van der Waals surface area contributed by atoms with Gasteiger partial charge in [-0.05, 0) is 87.5 Å². The number of carbonyl (C=O) groups excluding carboxylic acids is 2.